The molecule has 2 heterocycles. The van der Waals surface area contributed by atoms with Crippen molar-refractivity contribution in [2.75, 3.05) is 11.9 Å². The van der Waals surface area contributed by atoms with Crippen molar-refractivity contribution in [3.63, 3.8) is 0 Å². The molecular formula is C23H23FN4O2. The van der Waals surface area contributed by atoms with E-state index < -0.39 is 5.82 Å². The molecule has 1 amide bonds. The molecule has 1 aliphatic heterocycles. The highest BCUT2D eigenvalue weighted by Crippen LogP contribution is 2.27. The molecule has 30 heavy (non-hydrogen) atoms. The molecule has 0 radical (unpaired) electrons. The molecule has 0 unspecified atom stereocenters. The number of hydrogen-bond donors (Lipinski definition) is 1. The number of carbonyl (C=O) groups excluding carboxylic acids is 1. The van der Waals surface area contributed by atoms with Gasteiger partial charge in [0.25, 0.3) is 5.91 Å². The standard InChI is InChI=1S/C23H23FN4O2/c1-2-14-30-18-10-7-16(8-11-18)23(29)25-17-9-12-20(24)19(15-17)22-27-26-21-6-4-3-5-13-28(21)22/h2,7-12,15H,1,3-6,13-14H2,(H,25,29). The Bertz CT molecular complexity index is 1060. The van der Waals surface area contributed by atoms with Gasteiger partial charge in [-0.05, 0) is 55.3 Å². The molecule has 7 heteroatoms. The van der Waals surface area contributed by atoms with Gasteiger partial charge in [0, 0.05) is 24.2 Å². The van der Waals surface area contributed by atoms with Crippen LogP contribution in [0.2, 0.25) is 0 Å². The van der Waals surface area contributed by atoms with Gasteiger partial charge in [0.2, 0.25) is 0 Å². The summed E-state index contributed by atoms with van der Waals surface area (Å²) >= 11 is 0. The van der Waals surface area contributed by atoms with Crippen LogP contribution in [-0.4, -0.2) is 27.3 Å². The fourth-order valence-electron chi connectivity index (χ4n) is 3.52. The molecule has 0 atom stereocenters. The summed E-state index contributed by atoms with van der Waals surface area (Å²) in [4.78, 5) is 12.6. The van der Waals surface area contributed by atoms with Crippen LogP contribution in [-0.2, 0) is 13.0 Å². The summed E-state index contributed by atoms with van der Waals surface area (Å²) in [6, 6.07) is 11.3. The third kappa shape index (κ3) is 4.25. The summed E-state index contributed by atoms with van der Waals surface area (Å²) in [5.41, 5.74) is 1.30. The number of nitrogens with zero attached hydrogens (tertiary/aromatic N) is 3. The number of ether oxygens (including phenoxy) is 1. The Morgan fingerprint density at radius 2 is 2.00 bits per heavy atom. The first-order valence-corrected chi connectivity index (χ1v) is 10.0. The summed E-state index contributed by atoms with van der Waals surface area (Å²) in [5, 5.41) is 11.3. The number of rotatable bonds is 6. The van der Waals surface area contributed by atoms with Gasteiger partial charge in [-0.15, -0.1) is 10.2 Å². The highest BCUT2D eigenvalue weighted by molar-refractivity contribution is 6.04. The molecule has 0 aliphatic carbocycles. The number of hydrogen-bond acceptors (Lipinski definition) is 4. The highest BCUT2D eigenvalue weighted by atomic mass is 19.1. The molecule has 4 rings (SSSR count). The summed E-state index contributed by atoms with van der Waals surface area (Å²) in [6.07, 6.45) is 5.70. The van der Waals surface area contributed by atoms with Crippen LogP contribution in [0.5, 0.6) is 5.75 Å². The number of halogens is 1. The first-order valence-electron chi connectivity index (χ1n) is 10.0. The lowest BCUT2D eigenvalue weighted by Crippen LogP contribution is -2.12. The van der Waals surface area contributed by atoms with E-state index in [0.717, 1.165) is 38.1 Å². The predicted octanol–water partition coefficient (Wildman–Crippen LogP) is 4.63. The third-order valence-electron chi connectivity index (χ3n) is 5.06. The first kappa shape index (κ1) is 19.8. The second-order valence-corrected chi connectivity index (χ2v) is 7.17. The largest absolute Gasteiger partial charge is 0.490 e. The second kappa shape index (κ2) is 8.90. The molecule has 0 saturated heterocycles. The number of carbonyl (C=O) groups is 1. The summed E-state index contributed by atoms with van der Waals surface area (Å²) in [6.45, 7) is 4.77. The zero-order valence-corrected chi connectivity index (χ0v) is 16.6. The van der Waals surface area contributed by atoms with Gasteiger partial charge in [-0.3, -0.25) is 4.79 Å². The Balaban J connectivity index is 1.54. The monoisotopic (exact) mass is 406 g/mol. The average molecular weight is 406 g/mol. The van der Waals surface area contributed by atoms with Crippen molar-refractivity contribution >= 4 is 11.6 Å². The van der Waals surface area contributed by atoms with E-state index in [4.69, 9.17) is 4.74 Å². The molecule has 1 aliphatic rings. The van der Waals surface area contributed by atoms with Gasteiger partial charge >= 0.3 is 0 Å². The lowest BCUT2D eigenvalue weighted by Gasteiger charge is -2.11. The maximum absolute atomic E-state index is 14.6. The molecule has 2 aromatic carbocycles. The second-order valence-electron chi connectivity index (χ2n) is 7.17. The quantitative estimate of drug-likeness (QED) is 0.606. The lowest BCUT2D eigenvalue weighted by atomic mass is 10.1. The van der Waals surface area contributed by atoms with Crippen LogP contribution in [0.1, 0.15) is 35.4 Å². The van der Waals surface area contributed by atoms with E-state index in [1.807, 2.05) is 4.57 Å². The Morgan fingerprint density at radius 3 is 2.80 bits per heavy atom. The van der Waals surface area contributed by atoms with Gasteiger partial charge in [-0.25, -0.2) is 4.39 Å². The zero-order chi connectivity index (χ0) is 20.9. The van der Waals surface area contributed by atoms with Crippen LogP contribution in [0.3, 0.4) is 0 Å². The fourth-order valence-corrected chi connectivity index (χ4v) is 3.52. The van der Waals surface area contributed by atoms with Crippen molar-refractivity contribution in [1.82, 2.24) is 14.8 Å². The fraction of sp³-hybridized carbons (Fsp3) is 0.261. The average Bonchev–Trinajstić information content (AvgIpc) is 3.01. The predicted molar refractivity (Wildman–Crippen MR) is 113 cm³/mol. The number of nitrogens with one attached hydrogen (secondary N) is 1. The van der Waals surface area contributed by atoms with E-state index >= 15 is 0 Å². The summed E-state index contributed by atoms with van der Waals surface area (Å²) < 4.78 is 22.0. The van der Waals surface area contributed by atoms with Crippen LogP contribution in [0.15, 0.2) is 55.1 Å². The minimum atomic E-state index is -0.392. The Labute approximate surface area is 174 Å². The molecule has 1 aromatic heterocycles. The Hall–Kier alpha value is -3.48. The smallest absolute Gasteiger partial charge is 0.255 e. The number of anilines is 1. The molecule has 0 fully saturated rings. The van der Waals surface area contributed by atoms with Crippen LogP contribution in [0.25, 0.3) is 11.4 Å². The van der Waals surface area contributed by atoms with Crippen molar-refractivity contribution in [3.8, 4) is 17.1 Å². The Morgan fingerprint density at radius 1 is 1.17 bits per heavy atom. The number of fused-ring (bicyclic) bond motifs is 1. The van der Waals surface area contributed by atoms with Crippen LogP contribution in [0.4, 0.5) is 10.1 Å². The topological polar surface area (TPSA) is 69.0 Å². The van der Waals surface area contributed by atoms with E-state index in [-0.39, 0.29) is 5.91 Å². The van der Waals surface area contributed by atoms with Gasteiger partial charge < -0.3 is 14.6 Å². The number of amides is 1. The van der Waals surface area contributed by atoms with E-state index in [9.17, 15) is 9.18 Å². The summed E-state index contributed by atoms with van der Waals surface area (Å²) in [7, 11) is 0. The van der Waals surface area contributed by atoms with Crippen molar-refractivity contribution in [2.24, 2.45) is 0 Å². The highest BCUT2D eigenvalue weighted by Gasteiger charge is 2.19. The van der Waals surface area contributed by atoms with Crippen LogP contribution in [0, 0.1) is 5.82 Å². The van der Waals surface area contributed by atoms with E-state index in [1.54, 1.807) is 36.4 Å². The van der Waals surface area contributed by atoms with Crippen LogP contribution >= 0.6 is 0 Å². The van der Waals surface area contributed by atoms with Gasteiger partial charge in [-0.1, -0.05) is 19.1 Å². The van der Waals surface area contributed by atoms with Gasteiger partial charge in [0.05, 0.1) is 5.56 Å². The third-order valence-corrected chi connectivity index (χ3v) is 5.06. The van der Waals surface area contributed by atoms with Gasteiger partial charge in [-0.2, -0.15) is 0 Å². The van der Waals surface area contributed by atoms with E-state index in [1.165, 1.54) is 12.1 Å². The van der Waals surface area contributed by atoms with Crippen LogP contribution < -0.4 is 10.1 Å². The van der Waals surface area contributed by atoms with Crippen molar-refractivity contribution in [3.05, 3.63) is 72.3 Å². The molecule has 154 valence electrons. The number of aryl methyl sites for hydroxylation is 1. The minimum Gasteiger partial charge on any atom is -0.490 e. The maximum atomic E-state index is 14.6. The maximum Gasteiger partial charge on any atom is 0.255 e. The van der Waals surface area contributed by atoms with Gasteiger partial charge in [0.1, 0.15) is 24.0 Å². The van der Waals surface area contributed by atoms with Crippen molar-refractivity contribution < 1.29 is 13.9 Å². The molecule has 3 aromatic rings. The SMILES string of the molecule is C=CCOc1ccc(C(=O)Nc2ccc(F)c(-c3nnc4n3CCCCC4)c2)cc1. The van der Waals surface area contributed by atoms with Crippen molar-refractivity contribution in [2.45, 2.75) is 32.2 Å². The molecule has 0 bridgehead atoms. The van der Waals surface area contributed by atoms with E-state index in [0.29, 0.717) is 35.0 Å². The molecule has 0 spiro atoms. The lowest BCUT2D eigenvalue weighted by molar-refractivity contribution is 0.102. The molecule has 1 N–H and O–H groups in total. The molecule has 0 saturated carbocycles. The molecule has 6 nitrogen and oxygen atoms in total. The Kier molecular flexibility index (Phi) is 5.88. The first-order chi connectivity index (χ1) is 14.7. The van der Waals surface area contributed by atoms with Gasteiger partial charge in [0.15, 0.2) is 5.82 Å². The number of benzene rings is 2. The summed E-state index contributed by atoms with van der Waals surface area (Å²) in [5.74, 6) is 1.36. The zero-order valence-electron chi connectivity index (χ0n) is 16.6. The normalized spacial score (nSPS) is 13.2. The van der Waals surface area contributed by atoms with E-state index in [2.05, 4.69) is 22.1 Å². The minimum absolute atomic E-state index is 0.289. The molecular weight excluding hydrogens is 383 g/mol. The van der Waals surface area contributed by atoms with Crippen molar-refractivity contribution in [1.29, 1.82) is 0 Å². The number of aromatic nitrogens is 3.